The second-order valence-electron chi connectivity index (χ2n) is 12.1. The van der Waals surface area contributed by atoms with E-state index in [4.69, 9.17) is 15.0 Å². The van der Waals surface area contributed by atoms with Gasteiger partial charge in [0, 0.05) is 33.2 Å². The normalized spacial score (nSPS) is 11.3. The van der Waals surface area contributed by atoms with E-state index in [1.54, 1.807) is 0 Å². The van der Waals surface area contributed by atoms with E-state index in [2.05, 4.69) is 126 Å². The summed E-state index contributed by atoms with van der Waals surface area (Å²) in [6.45, 7) is 0. The van der Waals surface area contributed by atoms with Gasteiger partial charge in [-0.2, -0.15) is 0 Å². The zero-order valence-electron chi connectivity index (χ0n) is 26.6. The topological polar surface area (TPSA) is 43.6 Å². The number of para-hydroxylation sites is 1. The molecule has 49 heavy (non-hydrogen) atoms. The smallest absolute Gasteiger partial charge is 0.164 e. The molecule has 0 N–H and O–H groups in total. The van der Waals surface area contributed by atoms with Gasteiger partial charge >= 0.3 is 0 Å². The Morgan fingerprint density at radius 3 is 1.31 bits per heavy atom. The Hall–Kier alpha value is -6.65. The average molecular weight is 627 g/mol. The summed E-state index contributed by atoms with van der Waals surface area (Å²) >= 11 is 0. The molecule has 7 aromatic carbocycles. The van der Waals surface area contributed by atoms with E-state index in [1.807, 2.05) is 60.7 Å². The van der Waals surface area contributed by atoms with Gasteiger partial charge in [-0.15, -0.1) is 0 Å². The van der Waals surface area contributed by atoms with Crippen LogP contribution in [0.5, 0.6) is 0 Å². The largest absolute Gasteiger partial charge is 0.309 e. The number of benzene rings is 7. The fourth-order valence-corrected chi connectivity index (χ4v) is 6.71. The van der Waals surface area contributed by atoms with Crippen molar-refractivity contribution >= 4 is 21.8 Å². The molecule has 0 fully saturated rings. The van der Waals surface area contributed by atoms with Crippen LogP contribution in [0.3, 0.4) is 0 Å². The molecule has 9 rings (SSSR count). The predicted molar refractivity (Wildman–Crippen MR) is 201 cm³/mol. The molecule has 0 atom stereocenters. The van der Waals surface area contributed by atoms with Crippen molar-refractivity contribution < 1.29 is 0 Å². The van der Waals surface area contributed by atoms with Crippen molar-refractivity contribution in [3.05, 3.63) is 182 Å². The molecular weight excluding hydrogens is 597 g/mol. The fraction of sp³-hybridized carbons (Fsp3) is 0. The first kappa shape index (κ1) is 28.6. The summed E-state index contributed by atoms with van der Waals surface area (Å²) in [5, 5.41) is 2.52. The van der Waals surface area contributed by atoms with E-state index in [-0.39, 0.29) is 0 Å². The molecule has 0 saturated carbocycles. The van der Waals surface area contributed by atoms with Gasteiger partial charge in [0.05, 0.1) is 11.0 Å². The maximum atomic E-state index is 4.89. The molecule has 0 unspecified atom stereocenters. The molecule has 0 saturated heterocycles. The van der Waals surface area contributed by atoms with Gasteiger partial charge in [-0.3, -0.25) is 0 Å². The van der Waals surface area contributed by atoms with Gasteiger partial charge in [0.1, 0.15) is 0 Å². The zero-order chi connectivity index (χ0) is 32.6. The van der Waals surface area contributed by atoms with E-state index < -0.39 is 0 Å². The highest BCUT2D eigenvalue weighted by atomic mass is 15.0. The highest BCUT2D eigenvalue weighted by Gasteiger charge is 2.16. The van der Waals surface area contributed by atoms with E-state index >= 15 is 0 Å². The second-order valence-corrected chi connectivity index (χ2v) is 12.1. The Morgan fingerprint density at radius 1 is 0.306 bits per heavy atom. The monoisotopic (exact) mass is 626 g/mol. The highest BCUT2D eigenvalue weighted by molar-refractivity contribution is 6.15. The molecule has 0 aliphatic carbocycles. The van der Waals surface area contributed by atoms with Crippen LogP contribution in [-0.2, 0) is 0 Å². The SMILES string of the molecule is c1ccc(-c2nc(-c3ccccc3)nc(-c3ccc(-c4ccc(-n5c6ccccc6c6c(-c7ccccc7)cccc65)cc4)cc3)n2)cc1. The number of aromatic nitrogens is 4. The minimum absolute atomic E-state index is 0.649. The summed E-state index contributed by atoms with van der Waals surface area (Å²) in [5.41, 5.74) is 11.1. The van der Waals surface area contributed by atoms with Crippen LogP contribution in [0, 0.1) is 0 Å². The standard InChI is InChI=1S/C45H30N4/c1-4-13-33(14-5-1)38-20-12-22-41-42(38)39-19-10-11-21-40(39)49(41)37-29-27-32(28-30-37)31-23-25-36(26-24-31)45-47-43(34-15-6-2-7-16-34)46-44(48-45)35-17-8-3-9-18-35/h1-30H. The molecule has 0 amide bonds. The van der Waals surface area contributed by atoms with Crippen LogP contribution < -0.4 is 0 Å². The Morgan fingerprint density at radius 2 is 0.735 bits per heavy atom. The van der Waals surface area contributed by atoms with Crippen LogP contribution in [0.1, 0.15) is 0 Å². The van der Waals surface area contributed by atoms with Gasteiger partial charge in [0.15, 0.2) is 17.5 Å². The average Bonchev–Trinajstić information content (AvgIpc) is 3.53. The van der Waals surface area contributed by atoms with Crippen molar-refractivity contribution in [1.82, 2.24) is 19.5 Å². The molecule has 4 heteroatoms. The van der Waals surface area contributed by atoms with E-state index in [0.717, 1.165) is 33.5 Å². The number of rotatable bonds is 6. The summed E-state index contributed by atoms with van der Waals surface area (Å²) in [4.78, 5) is 14.6. The molecule has 230 valence electrons. The molecule has 9 aromatic rings. The second kappa shape index (κ2) is 12.2. The molecule has 2 aromatic heterocycles. The lowest BCUT2D eigenvalue weighted by molar-refractivity contribution is 1.07. The summed E-state index contributed by atoms with van der Waals surface area (Å²) in [5.74, 6) is 1.96. The minimum Gasteiger partial charge on any atom is -0.309 e. The minimum atomic E-state index is 0.649. The van der Waals surface area contributed by atoms with Crippen LogP contribution >= 0.6 is 0 Å². The van der Waals surface area contributed by atoms with E-state index in [1.165, 1.54) is 32.9 Å². The molecule has 2 heterocycles. The van der Waals surface area contributed by atoms with Crippen molar-refractivity contribution in [1.29, 1.82) is 0 Å². The molecule has 0 bridgehead atoms. The van der Waals surface area contributed by atoms with Crippen molar-refractivity contribution in [3.8, 4) is 62.1 Å². The first-order valence-corrected chi connectivity index (χ1v) is 16.5. The van der Waals surface area contributed by atoms with Crippen LogP contribution in [0.4, 0.5) is 0 Å². The van der Waals surface area contributed by atoms with Gasteiger partial charge < -0.3 is 4.57 Å². The van der Waals surface area contributed by atoms with Gasteiger partial charge in [0.2, 0.25) is 0 Å². The first-order chi connectivity index (χ1) is 24.3. The third kappa shape index (κ3) is 5.26. The molecule has 0 spiro atoms. The number of hydrogen-bond donors (Lipinski definition) is 0. The Labute approximate surface area is 284 Å². The van der Waals surface area contributed by atoms with Crippen molar-refractivity contribution in [2.75, 3.05) is 0 Å². The third-order valence-corrected chi connectivity index (χ3v) is 9.08. The lowest BCUT2D eigenvalue weighted by Gasteiger charge is -2.11. The number of hydrogen-bond acceptors (Lipinski definition) is 3. The maximum absolute atomic E-state index is 4.89. The zero-order valence-corrected chi connectivity index (χ0v) is 26.6. The lowest BCUT2D eigenvalue weighted by Crippen LogP contribution is -2.00. The van der Waals surface area contributed by atoms with E-state index in [9.17, 15) is 0 Å². The van der Waals surface area contributed by atoms with Crippen molar-refractivity contribution in [2.45, 2.75) is 0 Å². The maximum Gasteiger partial charge on any atom is 0.164 e. The van der Waals surface area contributed by atoms with Crippen molar-refractivity contribution in [2.24, 2.45) is 0 Å². The molecule has 0 aliphatic rings. The third-order valence-electron chi connectivity index (χ3n) is 9.08. The summed E-state index contributed by atoms with van der Waals surface area (Å²) in [6.07, 6.45) is 0. The Bertz CT molecular complexity index is 2500. The van der Waals surface area contributed by atoms with Crippen LogP contribution in [-0.4, -0.2) is 19.5 Å². The van der Waals surface area contributed by atoms with Crippen LogP contribution in [0.25, 0.3) is 83.9 Å². The highest BCUT2D eigenvalue weighted by Crippen LogP contribution is 2.38. The summed E-state index contributed by atoms with van der Waals surface area (Å²) in [7, 11) is 0. The first-order valence-electron chi connectivity index (χ1n) is 16.5. The van der Waals surface area contributed by atoms with Gasteiger partial charge in [0.25, 0.3) is 0 Å². The lowest BCUT2D eigenvalue weighted by atomic mass is 9.99. The number of nitrogens with zero attached hydrogens (tertiary/aromatic N) is 4. The molecule has 4 nitrogen and oxygen atoms in total. The fourth-order valence-electron chi connectivity index (χ4n) is 6.71. The Kier molecular flexibility index (Phi) is 7.10. The van der Waals surface area contributed by atoms with Crippen LogP contribution in [0.15, 0.2) is 182 Å². The van der Waals surface area contributed by atoms with Gasteiger partial charge in [-0.25, -0.2) is 15.0 Å². The van der Waals surface area contributed by atoms with E-state index in [0.29, 0.717) is 17.5 Å². The van der Waals surface area contributed by atoms with Crippen LogP contribution in [0.2, 0.25) is 0 Å². The Balaban J connectivity index is 1.08. The molecule has 0 radical (unpaired) electrons. The summed E-state index contributed by atoms with van der Waals surface area (Å²) in [6, 6.07) is 63.4. The quantitative estimate of drug-likeness (QED) is 0.184. The predicted octanol–water partition coefficient (Wildman–Crippen LogP) is 11.3. The van der Waals surface area contributed by atoms with Gasteiger partial charge in [-0.1, -0.05) is 158 Å². The summed E-state index contributed by atoms with van der Waals surface area (Å²) < 4.78 is 2.37. The van der Waals surface area contributed by atoms with Crippen molar-refractivity contribution in [3.63, 3.8) is 0 Å². The molecular formula is C45H30N4. The van der Waals surface area contributed by atoms with Gasteiger partial charge in [-0.05, 0) is 46.5 Å². The number of fused-ring (bicyclic) bond motifs is 3. The molecule has 0 aliphatic heterocycles.